The SMILES string of the molecule is Fc1ccc([SiH]2CCCO[SiH2]2)cc1. The van der Waals surface area contributed by atoms with Gasteiger partial charge in [-0.2, -0.15) is 0 Å². The minimum atomic E-state index is -0.755. The smallest absolute Gasteiger partial charge is 0.152 e. The Morgan fingerprint density at radius 1 is 1.31 bits per heavy atom. The fourth-order valence-corrected chi connectivity index (χ4v) is 8.60. The zero-order valence-corrected chi connectivity index (χ0v) is 10.1. The van der Waals surface area contributed by atoms with Crippen LogP contribution in [0.4, 0.5) is 4.39 Å². The van der Waals surface area contributed by atoms with Crippen LogP contribution < -0.4 is 5.19 Å². The molecule has 1 fully saturated rings. The van der Waals surface area contributed by atoms with E-state index < -0.39 is 8.31 Å². The van der Waals surface area contributed by atoms with Gasteiger partial charge in [-0.25, -0.2) is 4.39 Å². The predicted molar refractivity (Wildman–Crippen MR) is 57.1 cm³/mol. The van der Waals surface area contributed by atoms with Gasteiger partial charge >= 0.3 is 0 Å². The average Bonchev–Trinajstić information content (AvgIpc) is 2.20. The van der Waals surface area contributed by atoms with Crippen molar-refractivity contribution >= 4 is 22.8 Å². The zero-order chi connectivity index (χ0) is 9.10. The Hall–Kier alpha value is -0.456. The van der Waals surface area contributed by atoms with Gasteiger partial charge in [-0.15, -0.1) is 0 Å². The van der Waals surface area contributed by atoms with Crippen LogP contribution in [0.15, 0.2) is 24.3 Å². The molecule has 0 amide bonds. The third-order valence-corrected chi connectivity index (χ3v) is 10.4. The van der Waals surface area contributed by atoms with Crippen molar-refractivity contribution in [3.8, 4) is 0 Å². The Balaban J connectivity index is 2.10. The van der Waals surface area contributed by atoms with Gasteiger partial charge in [-0.3, -0.25) is 0 Å². The third kappa shape index (κ3) is 2.27. The highest BCUT2D eigenvalue weighted by Gasteiger charge is 2.18. The van der Waals surface area contributed by atoms with Crippen molar-refractivity contribution < 1.29 is 8.82 Å². The number of benzene rings is 1. The van der Waals surface area contributed by atoms with Gasteiger partial charge in [-0.05, 0) is 18.6 Å². The molecule has 70 valence electrons. The third-order valence-electron chi connectivity index (χ3n) is 2.50. The van der Waals surface area contributed by atoms with Crippen molar-refractivity contribution in [2.45, 2.75) is 12.5 Å². The van der Waals surface area contributed by atoms with Crippen LogP contribution in [0.5, 0.6) is 0 Å². The monoisotopic (exact) mass is 212 g/mol. The highest BCUT2D eigenvalue weighted by atomic mass is 29.2. The van der Waals surface area contributed by atoms with Crippen molar-refractivity contribution in [2.24, 2.45) is 0 Å². The van der Waals surface area contributed by atoms with Gasteiger partial charge in [-0.1, -0.05) is 23.4 Å². The average molecular weight is 212 g/mol. The Morgan fingerprint density at radius 2 is 2.08 bits per heavy atom. The molecular formula is C9H13FOSi2. The molecule has 1 atom stereocenters. The van der Waals surface area contributed by atoms with Crippen molar-refractivity contribution in [2.75, 3.05) is 6.61 Å². The molecule has 0 bridgehead atoms. The van der Waals surface area contributed by atoms with Crippen LogP contribution in [-0.4, -0.2) is 24.2 Å². The van der Waals surface area contributed by atoms with Gasteiger partial charge in [0.05, 0.1) is 8.31 Å². The normalized spacial score (nSPS) is 24.8. The van der Waals surface area contributed by atoms with Crippen molar-refractivity contribution in [3.63, 3.8) is 0 Å². The van der Waals surface area contributed by atoms with E-state index in [1.165, 1.54) is 17.7 Å². The van der Waals surface area contributed by atoms with Gasteiger partial charge < -0.3 is 4.43 Å². The maximum absolute atomic E-state index is 12.6. The number of hydrogen-bond acceptors (Lipinski definition) is 1. The van der Waals surface area contributed by atoms with Crippen LogP contribution in [0.3, 0.4) is 0 Å². The van der Waals surface area contributed by atoms with E-state index in [0.29, 0.717) is 0 Å². The summed E-state index contributed by atoms with van der Waals surface area (Å²) in [6.07, 6.45) is 1.21. The van der Waals surface area contributed by atoms with Crippen LogP contribution in [-0.2, 0) is 4.43 Å². The van der Waals surface area contributed by atoms with Gasteiger partial charge in [0.25, 0.3) is 0 Å². The maximum Gasteiger partial charge on any atom is 0.152 e. The molecule has 0 aromatic heterocycles. The molecule has 1 nitrogen and oxygen atoms in total. The second-order valence-corrected chi connectivity index (χ2v) is 10.8. The van der Waals surface area contributed by atoms with Crippen LogP contribution in [0.2, 0.25) is 6.04 Å². The lowest BCUT2D eigenvalue weighted by Gasteiger charge is -2.20. The molecule has 0 N–H and O–H groups in total. The number of halogens is 1. The van der Waals surface area contributed by atoms with E-state index in [4.69, 9.17) is 4.43 Å². The molecule has 1 aliphatic rings. The molecular weight excluding hydrogens is 199 g/mol. The lowest BCUT2D eigenvalue weighted by molar-refractivity contribution is 0.336. The van der Waals surface area contributed by atoms with Crippen molar-refractivity contribution in [1.82, 2.24) is 0 Å². The summed E-state index contributed by atoms with van der Waals surface area (Å²) in [5.41, 5.74) is 0. The summed E-state index contributed by atoms with van der Waals surface area (Å²) in [5, 5.41) is 1.40. The molecule has 1 aliphatic heterocycles. The van der Waals surface area contributed by atoms with Crippen LogP contribution in [0.1, 0.15) is 6.42 Å². The van der Waals surface area contributed by atoms with Crippen LogP contribution >= 0.6 is 0 Å². The van der Waals surface area contributed by atoms with E-state index in [2.05, 4.69) is 0 Å². The summed E-state index contributed by atoms with van der Waals surface area (Å²) in [4.78, 5) is 0. The van der Waals surface area contributed by atoms with Gasteiger partial charge in [0.1, 0.15) is 5.82 Å². The Labute approximate surface area is 81.3 Å². The second kappa shape index (κ2) is 4.17. The Morgan fingerprint density at radius 3 is 2.69 bits per heavy atom. The summed E-state index contributed by atoms with van der Waals surface area (Å²) in [7, 11) is -1.03. The topological polar surface area (TPSA) is 9.23 Å². The molecule has 1 saturated heterocycles. The fourth-order valence-electron chi connectivity index (χ4n) is 1.74. The molecule has 2 rings (SSSR count). The van der Waals surface area contributed by atoms with E-state index in [0.717, 1.165) is 6.61 Å². The first kappa shape index (κ1) is 9.11. The number of hydrogen-bond donors (Lipinski definition) is 0. The molecule has 1 heterocycles. The first-order valence-electron chi connectivity index (χ1n) is 4.69. The molecule has 0 saturated carbocycles. The predicted octanol–water partition coefficient (Wildman–Crippen LogP) is 0.261. The highest BCUT2D eigenvalue weighted by Crippen LogP contribution is 2.05. The molecule has 1 aromatic rings. The summed E-state index contributed by atoms with van der Waals surface area (Å²) >= 11 is 0. The minimum Gasteiger partial charge on any atom is -0.427 e. The fraction of sp³-hybridized carbons (Fsp3) is 0.333. The van der Waals surface area contributed by atoms with E-state index in [-0.39, 0.29) is 15.1 Å². The standard InChI is InChI=1S/C9H13FOSi2/c10-8-2-4-9(5-3-8)13-7-1-6-11-12-13/h2-5,13H,1,6-7,12H2. The summed E-state index contributed by atoms with van der Waals surface area (Å²) in [5.74, 6) is -0.129. The minimum absolute atomic E-state index is 0.129. The lowest BCUT2D eigenvalue weighted by atomic mass is 10.3. The Kier molecular flexibility index (Phi) is 2.92. The first-order chi connectivity index (χ1) is 6.36. The highest BCUT2D eigenvalue weighted by molar-refractivity contribution is 7.17. The first-order valence-corrected chi connectivity index (χ1v) is 9.93. The zero-order valence-electron chi connectivity index (χ0n) is 7.50. The van der Waals surface area contributed by atoms with E-state index in [9.17, 15) is 4.39 Å². The molecule has 1 aromatic carbocycles. The molecule has 4 heteroatoms. The lowest BCUT2D eigenvalue weighted by Crippen LogP contribution is -2.41. The largest absolute Gasteiger partial charge is 0.427 e. The van der Waals surface area contributed by atoms with Gasteiger partial charge in [0, 0.05) is 6.61 Å². The van der Waals surface area contributed by atoms with Crippen LogP contribution in [0, 0.1) is 5.82 Å². The summed E-state index contributed by atoms with van der Waals surface area (Å²) in [6.45, 7) is 0.969. The van der Waals surface area contributed by atoms with E-state index >= 15 is 0 Å². The van der Waals surface area contributed by atoms with Gasteiger partial charge in [0.2, 0.25) is 0 Å². The van der Waals surface area contributed by atoms with Gasteiger partial charge in [0.15, 0.2) is 9.28 Å². The molecule has 0 aliphatic carbocycles. The molecule has 1 unspecified atom stereocenters. The second-order valence-electron chi connectivity index (χ2n) is 3.47. The molecule has 13 heavy (non-hydrogen) atoms. The summed E-state index contributed by atoms with van der Waals surface area (Å²) in [6, 6.07) is 8.41. The summed E-state index contributed by atoms with van der Waals surface area (Å²) < 4.78 is 18.2. The number of rotatable bonds is 1. The molecule has 0 spiro atoms. The van der Waals surface area contributed by atoms with Crippen molar-refractivity contribution in [1.29, 1.82) is 0 Å². The Bertz CT molecular complexity index is 269. The van der Waals surface area contributed by atoms with Crippen molar-refractivity contribution in [3.05, 3.63) is 30.1 Å². The van der Waals surface area contributed by atoms with E-state index in [1.807, 2.05) is 12.1 Å². The van der Waals surface area contributed by atoms with Crippen LogP contribution in [0.25, 0.3) is 0 Å². The quantitative estimate of drug-likeness (QED) is 0.607. The molecule has 0 radical (unpaired) electrons. The van der Waals surface area contributed by atoms with E-state index in [1.54, 1.807) is 12.1 Å². The maximum atomic E-state index is 12.6.